The smallest absolute Gasteiger partial charge is 0.137 e. The summed E-state index contributed by atoms with van der Waals surface area (Å²) in [6.45, 7) is 6.79. The maximum Gasteiger partial charge on any atom is 0.137 e. The summed E-state index contributed by atoms with van der Waals surface area (Å²) in [5.74, 6) is 1.02. The van der Waals surface area contributed by atoms with Crippen LogP contribution in [-0.4, -0.2) is 11.5 Å². The minimum absolute atomic E-state index is 0.240. The molecule has 0 aliphatic carbocycles. The summed E-state index contributed by atoms with van der Waals surface area (Å²) >= 11 is 6.08. The zero-order chi connectivity index (χ0) is 14.7. The molecule has 0 unspecified atom stereocenters. The van der Waals surface area contributed by atoms with Gasteiger partial charge < -0.3 is 4.90 Å². The van der Waals surface area contributed by atoms with Crippen molar-refractivity contribution in [3.05, 3.63) is 53.0 Å². The number of halogens is 2. The van der Waals surface area contributed by atoms with Gasteiger partial charge in [-0.1, -0.05) is 0 Å². The van der Waals surface area contributed by atoms with E-state index in [1.165, 1.54) is 12.1 Å². The second kappa shape index (κ2) is 6.23. The van der Waals surface area contributed by atoms with Gasteiger partial charge in [0.15, 0.2) is 0 Å². The second-order valence-corrected chi connectivity index (χ2v) is 5.00. The minimum Gasteiger partial charge on any atom is -0.326 e. The first-order valence-corrected chi connectivity index (χ1v) is 7.16. The van der Waals surface area contributed by atoms with Gasteiger partial charge in [-0.05, 0) is 56.7 Å². The fourth-order valence-electron chi connectivity index (χ4n) is 2.31. The van der Waals surface area contributed by atoms with Gasteiger partial charge in [0, 0.05) is 23.5 Å². The molecule has 0 aliphatic rings. The van der Waals surface area contributed by atoms with E-state index in [1.54, 1.807) is 12.1 Å². The lowest BCUT2D eigenvalue weighted by atomic mass is 10.1. The summed E-state index contributed by atoms with van der Waals surface area (Å²) < 4.78 is 13.1. The number of aromatic nitrogens is 1. The number of nitrogens with zero attached hydrogens (tertiary/aromatic N) is 2. The van der Waals surface area contributed by atoms with Crippen LogP contribution in [0.3, 0.4) is 0 Å². The molecule has 2 rings (SSSR count). The Morgan fingerprint density at radius 1 is 1.20 bits per heavy atom. The van der Waals surface area contributed by atoms with Crippen LogP contribution in [0.5, 0.6) is 0 Å². The molecule has 0 atom stereocenters. The molecule has 0 spiro atoms. The van der Waals surface area contributed by atoms with Gasteiger partial charge in [-0.25, -0.2) is 9.37 Å². The van der Waals surface area contributed by atoms with Crippen molar-refractivity contribution in [3.8, 4) is 0 Å². The molecule has 0 N–H and O–H groups in total. The first kappa shape index (κ1) is 14.8. The number of rotatable bonds is 4. The van der Waals surface area contributed by atoms with Gasteiger partial charge in [-0.2, -0.15) is 0 Å². The van der Waals surface area contributed by atoms with Crippen LogP contribution < -0.4 is 4.90 Å². The Bertz CT molecular complexity index is 596. The zero-order valence-electron chi connectivity index (χ0n) is 12.0. The number of aryl methyl sites for hydroxylation is 2. The van der Waals surface area contributed by atoms with Crippen LogP contribution >= 0.6 is 11.6 Å². The zero-order valence-corrected chi connectivity index (χ0v) is 12.7. The monoisotopic (exact) mass is 292 g/mol. The van der Waals surface area contributed by atoms with Crippen LogP contribution in [0.15, 0.2) is 30.3 Å². The molecule has 0 fully saturated rings. The van der Waals surface area contributed by atoms with Crippen LogP contribution in [0.25, 0.3) is 0 Å². The predicted octanol–water partition coefficient (Wildman–Crippen LogP) is 4.73. The van der Waals surface area contributed by atoms with E-state index in [1.807, 2.05) is 26.8 Å². The summed E-state index contributed by atoms with van der Waals surface area (Å²) in [7, 11) is 0. The molecule has 0 saturated carbocycles. The van der Waals surface area contributed by atoms with E-state index < -0.39 is 0 Å². The van der Waals surface area contributed by atoms with Crippen molar-refractivity contribution in [1.82, 2.24) is 4.98 Å². The fraction of sp³-hybridized carbons (Fsp3) is 0.312. The molecule has 106 valence electrons. The van der Waals surface area contributed by atoms with E-state index in [9.17, 15) is 4.39 Å². The number of hydrogen-bond acceptors (Lipinski definition) is 2. The summed E-state index contributed by atoms with van der Waals surface area (Å²) in [6.07, 6.45) is 0. The first-order chi connectivity index (χ1) is 9.56. The van der Waals surface area contributed by atoms with E-state index in [4.69, 9.17) is 11.6 Å². The number of benzene rings is 1. The van der Waals surface area contributed by atoms with Crippen molar-refractivity contribution in [3.63, 3.8) is 0 Å². The molecular weight excluding hydrogens is 275 g/mol. The van der Waals surface area contributed by atoms with Gasteiger partial charge in [0.2, 0.25) is 0 Å². The maximum absolute atomic E-state index is 13.1. The average Bonchev–Trinajstić information content (AvgIpc) is 2.41. The van der Waals surface area contributed by atoms with E-state index in [0.717, 1.165) is 34.9 Å². The molecular formula is C16H18ClFN2. The maximum atomic E-state index is 13.1. The summed E-state index contributed by atoms with van der Waals surface area (Å²) in [5.41, 5.74) is 4.01. The first-order valence-electron chi connectivity index (χ1n) is 6.63. The normalized spacial score (nSPS) is 10.7. The number of alkyl halides is 1. The Morgan fingerprint density at radius 2 is 1.85 bits per heavy atom. The van der Waals surface area contributed by atoms with Crippen molar-refractivity contribution < 1.29 is 4.39 Å². The van der Waals surface area contributed by atoms with Gasteiger partial charge in [0.25, 0.3) is 0 Å². The number of anilines is 2. The fourth-order valence-corrected chi connectivity index (χ4v) is 2.64. The highest BCUT2D eigenvalue weighted by molar-refractivity contribution is 6.17. The van der Waals surface area contributed by atoms with Crippen LogP contribution in [0.1, 0.15) is 23.7 Å². The highest BCUT2D eigenvalue weighted by Crippen LogP contribution is 2.30. The van der Waals surface area contributed by atoms with Crippen LogP contribution in [0.2, 0.25) is 0 Å². The Morgan fingerprint density at radius 3 is 2.40 bits per heavy atom. The lowest BCUT2D eigenvalue weighted by Gasteiger charge is -2.25. The standard InChI is InChI=1S/C16H18ClFN2/c1-4-20(14-7-5-13(18)6-8-14)16-15(10-17)11(2)9-12(3)19-16/h5-9H,4,10H2,1-3H3. The van der Waals surface area contributed by atoms with Crippen LogP contribution in [0.4, 0.5) is 15.9 Å². The van der Waals surface area contributed by atoms with Gasteiger partial charge in [-0.3, -0.25) is 0 Å². The molecule has 0 saturated heterocycles. The molecule has 2 aromatic rings. The predicted molar refractivity (Wildman–Crippen MR) is 82.3 cm³/mol. The third-order valence-corrected chi connectivity index (χ3v) is 3.56. The summed E-state index contributed by atoms with van der Waals surface area (Å²) in [4.78, 5) is 6.68. The Hall–Kier alpha value is -1.61. The third kappa shape index (κ3) is 2.93. The molecule has 0 aliphatic heterocycles. The largest absolute Gasteiger partial charge is 0.326 e. The van der Waals surface area contributed by atoms with E-state index in [-0.39, 0.29) is 5.82 Å². The molecule has 4 heteroatoms. The Balaban J connectivity index is 2.54. The quantitative estimate of drug-likeness (QED) is 0.757. The van der Waals surface area contributed by atoms with E-state index >= 15 is 0 Å². The van der Waals surface area contributed by atoms with Gasteiger partial charge in [0.1, 0.15) is 11.6 Å². The molecule has 1 heterocycles. The minimum atomic E-state index is -0.240. The molecule has 0 radical (unpaired) electrons. The molecule has 20 heavy (non-hydrogen) atoms. The highest BCUT2D eigenvalue weighted by Gasteiger charge is 2.15. The van der Waals surface area contributed by atoms with Gasteiger partial charge in [0.05, 0.1) is 5.88 Å². The van der Waals surface area contributed by atoms with Crippen molar-refractivity contribution >= 4 is 23.1 Å². The summed E-state index contributed by atoms with van der Waals surface area (Å²) in [6, 6.07) is 8.47. The van der Waals surface area contributed by atoms with Crippen molar-refractivity contribution in [2.75, 3.05) is 11.4 Å². The SMILES string of the molecule is CCN(c1ccc(F)cc1)c1nc(C)cc(C)c1CCl. The van der Waals surface area contributed by atoms with Crippen LogP contribution in [0, 0.1) is 19.7 Å². The molecule has 0 amide bonds. The Labute approximate surface area is 124 Å². The van der Waals surface area contributed by atoms with E-state index in [0.29, 0.717) is 5.88 Å². The molecule has 2 nitrogen and oxygen atoms in total. The Kier molecular flexibility index (Phi) is 4.61. The number of pyridine rings is 1. The van der Waals surface area contributed by atoms with Gasteiger partial charge >= 0.3 is 0 Å². The molecule has 1 aromatic carbocycles. The van der Waals surface area contributed by atoms with Crippen molar-refractivity contribution in [2.24, 2.45) is 0 Å². The lowest BCUT2D eigenvalue weighted by molar-refractivity contribution is 0.627. The van der Waals surface area contributed by atoms with Crippen molar-refractivity contribution in [1.29, 1.82) is 0 Å². The number of hydrogen-bond donors (Lipinski definition) is 0. The van der Waals surface area contributed by atoms with Crippen molar-refractivity contribution in [2.45, 2.75) is 26.7 Å². The second-order valence-electron chi connectivity index (χ2n) is 4.74. The average molecular weight is 293 g/mol. The highest BCUT2D eigenvalue weighted by atomic mass is 35.5. The molecule has 0 bridgehead atoms. The molecule has 1 aromatic heterocycles. The topological polar surface area (TPSA) is 16.1 Å². The van der Waals surface area contributed by atoms with E-state index in [2.05, 4.69) is 9.88 Å². The lowest BCUT2D eigenvalue weighted by Crippen LogP contribution is -2.20. The third-order valence-electron chi connectivity index (χ3n) is 3.30. The summed E-state index contributed by atoms with van der Waals surface area (Å²) in [5, 5.41) is 0. The van der Waals surface area contributed by atoms with Crippen LogP contribution in [-0.2, 0) is 5.88 Å². The van der Waals surface area contributed by atoms with Gasteiger partial charge in [-0.15, -0.1) is 11.6 Å².